The van der Waals surface area contributed by atoms with Crippen LogP contribution in [0, 0.1) is 5.92 Å². The average Bonchev–Trinajstić information content (AvgIpc) is 2.57. The van der Waals surface area contributed by atoms with E-state index in [0.29, 0.717) is 6.04 Å². The van der Waals surface area contributed by atoms with Gasteiger partial charge in [0.1, 0.15) is 0 Å². The second-order valence-corrected chi connectivity index (χ2v) is 4.27. The fourth-order valence-electron chi connectivity index (χ4n) is 2.16. The topological polar surface area (TPSA) is 12.0 Å². The standard InChI is InChI=1S/C11H23N/c1-10(12-2)6-5-9-11-7-3-4-8-11/h10-12H,3-9H2,1-2H3. The summed E-state index contributed by atoms with van der Waals surface area (Å²) in [5, 5.41) is 3.29. The number of hydrogen-bond donors (Lipinski definition) is 1. The van der Waals surface area contributed by atoms with Gasteiger partial charge in [-0.1, -0.05) is 38.5 Å². The summed E-state index contributed by atoms with van der Waals surface area (Å²) in [6, 6.07) is 0.714. The molecule has 72 valence electrons. The first-order valence-electron chi connectivity index (χ1n) is 5.50. The number of rotatable bonds is 5. The van der Waals surface area contributed by atoms with Gasteiger partial charge in [-0.3, -0.25) is 0 Å². The van der Waals surface area contributed by atoms with Gasteiger partial charge in [0.15, 0.2) is 0 Å². The Kier molecular flexibility index (Phi) is 4.67. The van der Waals surface area contributed by atoms with Crippen LogP contribution in [0.2, 0.25) is 0 Å². The normalized spacial score (nSPS) is 21.5. The van der Waals surface area contributed by atoms with Crippen molar-refractivity contribution in [1.82, 2.24) is 5.32 Å². The van der Waals surface area contributed by atoms with Gasteiger partial charge < -0.3 is 5.32 Å². The van der Waals surface area contributed by atoms with Crippen molar-refractivity contribution in [2.45, 2.75) is 57.9 Å². The summed E-state index contributed by atoms with van der Waals surface area (Å²) in [7, 11) is 2.06. The molecular formula is C11H23N. The summed E-state index contributed by atoms with van der Waals surface area (Å²) >= 11 is 0. The molecule has 0 spiro atoms. The van der Waals surface area contributed by atoms with Gasteiger partial charge in [-0.2, -0.15) is 0 Å². The minimum absolute atomic E-state index is 0.714. The zero-order chi connectivity index (χ0) is 8.81. The van der Waals surface area contributed by atoms with Crippen LogP contribution in [0.3, 0.4) is 0 Å². The van der Waals surface area contributed by atoms with Crippen molar-refractivity contribution in [3.05, 3.63) is 0 Å². The Morgan fingerprint density at radius 1 is 1.33 bits per heavy atom. The summed E-state index contributed by atoms with van der Waals surface area (Å²) in [4.78, 5) is 0. The van der Waals surface area contributed by atoms with Crippen LogP contribution < -0.4 is 5.32 Å². The van der Waals surface area contributed by atoms with Gasteiger partial charge >= 0.3 is 0 Å². The monoisotopic (exact) mass is 169 g/mol. The second-order valence-electron chi connectivity index (χ2n) is 4.27. The highest BCUT2D eigenvalue weighted by atomic mass is 14.8. The number of nitrogens with one attached hydrogen (secondary N) is 1. The lowest BCUT2D eigenvalue weighted by Gasteiger charge is -2.12. The molecule has 1 N–H and O–H groups in total. The molecule has 1 atom stereocenters. The van der Waals surface area contributed by atoms with Crippen LogP contribution in [0.25, 0.3) is 0 Å². The molecule has 0 aromatic heterocycles. The Bertz CT molecular complexity index is 106. The lowest BCUT2D eigenvalue weighted by molar-refractivity contribution is 0.442. The van der Waals surface area contributed by atoms with Crippen LogP contribution in [0.4, 0.5) is 0 Å². The van der Waals surface area contributed by atoms with Crippen molar-refractivity contribution >= 4 is 0 Å². The predicted molar refractivity (Wildman–Crippen MR) is 54.3 cm³/mol. The van der Waals surface area contributed by atoms with E-state index in [1.54, 1.807) is 0 Å². The molecule has 1 heteroatoms. The van der Waals surface area contributed by atoms with Crippen molar-refractivity contribution in [1.29, 1.82) is 0 Å². The second kappa shape index (κ2) is 5.58. The number of hydrogen-bond acceptors (Lipinski definition) is 1. The highest BCUT2D eigenvalue weighted by Crippen LogP contribution is 2.28. The Morgan fingerprint density at radius 3 is 2.58 bits per heavy atom. The quantitative estimate of drug-likeness (QED) is 0.667. The maximum atomic E-state index is 3.29. The van der Waals surface area contributed by atoms with E-state index < -0.39 is 0 Å². The fraction of sp³-hybridized carbons (Fsp3) is 1.00. The SMILES string of the molecule is CNC(C)CCCC1CCCC1. The van der Waals surface area contributed by atoms with Crippen LogP contribution in [0.5, 0.6) is 0 Å². The lowest BCUT2D eigenvalue weighted by Crippen LogP contribution is -2.20. The molecule has 12 heavy (non-hydrogen) atoms. The highest BCUT2D eigenvalue weighted by Gasteiger charge is 2.14. The molecule has 1 saturated carbocycles. The molecule has 1 aliphatic rings. The molecule has 0 aliphatic heterocycles. The third-order valence-corrected chi connectivity index (χ3v) is 3.22. The maximum Gasteiger partial charge on any atom is 0.00357 e. The summed E-state index contributed by atoms with van der Waals surface area (Å²) in [5.41, 5.74) is 0. The van der Waals surface area contributed by atoms with Gasteiger partial charge in [-0.15, -0.1) is 0 Å². The van der Waals surface area contributed by atoms with Crippen molar-refractivity contribution in [2.75, 3.05) is 7.05 Å². The van der Waals surface area contributed by atoms with Gasteiger partial charge in [0.25, 0.3) is 0 Å². The van der Waals surface area contributed by atoms with Crippen LogP contribution in [0.15, 0.2) is 0 Å². The van der Waals surface area contributed by atoms with E-state index in [9.17, 15) is 0 Å². The van der Waals surface area contributed by atoms with Crippen LogP contribution in [-0.4, -0.2) is 13.1 Å². The van der Waals surface area contributed by atoms with Gasteiger partial charge in [0.05, 0.1) is 0 Å². The van der Waals surface area contributed by atoms with E-state index in [-0.39, 0.29) is 0 Å². The summed E-state index contributed by atoms with van der Waals surface area (Å²) in [5.74, 6) is 1.08. The van der Waals surface area contributed by atoms with E-state index >= 15 is 0 Å². The minimum Gasteiger partial charge on any atom is -0.317 e. The van der Waals surface area contributed by atoms with Gasteiger partial charge in [-0.05, 0) is 26.3 Å². The molecule has 1 fully saturated rings. The molecule has 1 rings (SSSR count). The third kappa shape index (κ3) is 3.57. The lowest BCUT2D eigenvalue weighted by atomic mass is 9.99. The highest BCUT2D eigenvalue weighted by molar-refractivity contribution is 4.68. The van der Waals surface area contributed by atoms with Crippen LogP contribution in [-0.2, 0) is 0 Å². The molecule has 0 saturated heterocycles. The Morgan fingerprint density at radius 2 is 2.00 bits per heavy atom. The Hall–Kier alpha value is -0.0400. The smallest absolute Gasteiger partial charge is 0.00357 e. The first-order chi connectivity index (χ1) is 5.83. The van der Waals surface area contributed by atoms with Crippen molar-refractivity contribution < 1.29 is 0 Å². The molecule has 0 aromatic rings. The zero-order valence-electron chi connectivity index (χ0n) is 8.60. The van der Waals surface area contributed by atoms with E-state index in [1.165, 1.54) is 44.9 Å². The van der Waals surface area contributed by atoms with Crippen molar-refractivity contribution in [2.24, 2.45) is 5.92 Å². The van der Waals surface area contributed by atoms with E-state index in [2.05, 4.69) is 19.3 Å². The maximum absolute atomic E-state index is 3.29. The molecule has 0 aromatic carbocycles. The molecule has 1 unspecified atom stereocenters. The largest absolute Gasteiger partial charge is 0.317 e. The Balaban J connectivity index is 1.94. The predicted octanol–water partition coefficient (Wildman–Crippen LogP) is 2.95. The van der Waals surface area contributed by atoms with Gasteiger partial charge in [-0.25, -0.2) is 0 Å². The first kappa shape index (κ1) is 10.0. The third-order valence-electron chi connectivity index (χ3n) is 3.22. The average molecular weight is 169 g/mol. The molecule has 0 radical (unpaired) electrons. The van der Waals surface area contributed by atoms with Crippen molar-refractivity contribution in [3.63, 3.8) is 0 Å². The zero-order valence-corrected chi connectivity index (χ0v) is 8.60. The summed E-state index contributed by atoms with van der Waals surface area (Å²) in [6.07, 6.45) is 10.3. The molecule has 0 amide bonds. The Labute approximate surface area is 76.9 Å². The van der Waals surface area contributed by atoms with E-state index in [0.717, 1.165) is 5.92 Å². The molecule has 0 heterocycles. The molecule has 0 bridgehead atoms. The minimum atomic E-state index is 0.714. The molecule has 1 aliphatic carbocycles. The summed E-state index contributed by atoms with van der Waals surface area (Å²) in [6.45, 7) is 2.27. The fourth-order valence-corrected chi connectivity index (χ4v) is 2.16. The molecular weight excluding hydrogens is 146 g/mol. The van der Waals surface area contributed by atoms with Gasteiger partial charge in [0, 0.05) is 6.04 Å². The van der Waals surface area contributed by atoms with Gasteiger partial charge in [0.2, 0.25) is 0 Å². The van der Waals surface area contributed by atoms with Crippen molar-refractivity contribution in [3.8, 4) is 0 Å². The van der Waals surface area contributed by atoms with E-state index in [4.69, 9.17) is 0 Å². The molecule has 1 nitrogen and oxygen atoms in total. The summed E-state index contributed by atoms with van der Waals surface area (Å²) < 4.78 is 0. The van der Waals surface area contributed by atoms with Crippen LogP contribution >= 0.6 is 0 Å². The first-order valence-corrected chi connectivity index (χ1v) is 5.50. The van der Waals surface area contributed by atoms with E-state index in [1.807, 2.05) is 0 Å². The van der Waals surface area contributed by atoms with Crippen LogP contribution in [0.1, 0.15) is 51.9 Å².